The van der Waals surface area contributed by atoms with E-state index in [-0.39, 0.29) is 448 Å². The summed E-state index contributed by atoms with van der Waals surface area (Å²) >= 11 is 0. The van der Waals surface area contributed by atoms with E-state index in [1.807, 2.05) is 0 Å². The second-order valence-corrected chi connectivity index (χ2v) is 0. The van der Waals surface area contributed by atoms with Crippen molar-refractivity contribution in [1.29, 1.82) is 0 Å². The normalized spacial score (nSPS) is 0. The van der Waals surface area contributed by atoms with E-state index in [0.29, 0.717) is 0 Å². The average Bonchev–Trinajstić information content (AvgIpc) is 0. The summed E-state index contributed by atoms with van der Waals surface area (Å²) in [6.45, 7) is 0. The van der Waals surface area contributed by atoms with Crippen LogP contribution < -0.4 is 0 Å². The summed E-state index contributed by atoms with van der Waals surface area (Å²) in [6, 6.07) is 0. The van der Waals surface area contributed by atoms with Crippen LogP contribution in [0.4, 0.5) is 0 Å². The molecule has 0 unspecified atom stereocenters. The van der Waals surface area contributed by atoms with Crippen molar-refractivity contribution in [3.05, 3.63) is 52.0 Å². The van der Waals surface area contributed by atoms with Gasteiger partial charge >= 0.3 is 0 Å². The molecule has 0 bridgehead atoms. The largest absolute Gasteiger partial charge is 0.358 e. The Morgan fingerprint density at radius 3 is 0.0789 bits per heavy atom. The summed E-state index contributed by atoms with van der Waals surface area (Å²) in [5.74, 6) is 0. The van der Waals surface area contributed by atoms with E-state index in [0.717, 1.165) is 0 Å². The molecule has 0 saturated heterocycles. The molecule has 0 spiro atoms. The van der Waals surface area contributed by atoms with Crippen molar-refractivity contribution in [3.8, 4) is 0 Å². The monoisotopic (exact) mass is 2160 g/mol. The van der Waals surface area contributed by atoms with Gasteiger partial charge in [-0.3, -0.25) is 0 Å². The quantitative estimate of drug-likeness (QED) is 0.212. The summed E-state index contributed by atoms with van der Waals surface area (Å²) in [4.78, 5) is 0. The van der Waals surface area contributed by atoms with Crippen LogP contribution in [0.1, 0.15) is 178 Å². The van der Waals surface area contributed by atoms with Gasteiger partial charge in [-0.05, 0) is 0 Å². The van der Waals surface area contributed by atoms with E-state index in [4.69, 9.17) is 0 Å². The molecular formula is C31H117U7-7. The van der Waals surface area contributed by atoms with Crippen LogP contribution in [-0.2, 0) is 0 Å². The summed E-state index contributed by atoms with van der Waals surface area (Å²) in [6.07, 6.45) is 0. The number of hydrogen-bond acceptors (Lipinski definition) is 0. The molecule has 0 nitrogen and oxygen atoms in total. The predicted molar refractivity (Wildman–Crippen MR) is 206 cm³/mol. The fraction of sp³-hybridized carbons (Fsp3) is 0.774. The molecule has 0 fully saturated rings. The van der Waals surface area contributed by atoms with Gasteiger partial charge in [0.1, 0.15) is 0 Å². The molecule has 276 valence electrons. The predicted octanol–water partition coefficient (Wildman–Crippen LogP) is 18.4. The van der Waals surface area contributed by atoms with Crippen molar-refractivity contribution in [3.63, 3.8) is 0 Å². The topological polar surface area (TPSA) is 0 Å². The Hall–Kier alpha value is 7.36. The molecule has 0 aromatic heterocycles. The molecule has 0 aromatic carbocycles. The number of hydrogen-bond donors (Lipinski definition) is 0. The van der Waals surface area contributed by atoms with E-state index in [9.17, 15) is 0 Å². The molecule has 0 radical (unpaired) electrons. The summed E-state index contributed by atoms with van der Waals surface area (Å²) in [5, 5.41) is 0. The minimum atomic E-state index is 0. The Balaban J connectivity index is 0. The van der Waals surface area contributed by atoms with Crippen molar-refractivity contribution in [2.45, 2.75) is 178 Å². The van der Waals surface area contributed by atoms with Crippen molar-refractivity contribution in [2.24, 2.45) is 0 Å². The second-order valence-electron chi connectivity index (χ2n) is 0. The first kappa shape index (κ1) is 1650. The van der Waals surface area contributed by atoms with Gasteiger partial charge in [0.15, 0.2) is 0 Å². The van der Waals surface area contributed by atoms with Gasteiger partial charge in [0.05, 0.1) is 0 Å². The average molecular weight is 2160 g/mol. The summed E-state index contributed by atoms with van der Waals surface area (Å²) in [5.41, 5.74) is 0. The minimum Gasteiger partial charge on any atom is -0.358 e. The molecule has 0 saturated carbocycles. The smallest absolute Gasteiger partial charge is 0 e. The molecule has 38 heavy (non-hydrogen) atoms. The Bertz CT molecular complexity index is 26.2. The van der Waals surface area contributed by atoms with Crippen LogP contribution in [0.5, 0.6) is 0 Å². The van der Waals surface area contributed by atoms with Crippen molar-refractivity contribution < 1.29 is 218 Å². The van der Waals surface area contributed by atoms with Crippen LogP contribution in [0, 0.1) is 270 Å². The Kier molecular flexibility index (Phi) is 66700. The van der Waals surface area contributed by atoms with E-state index in [1.165, 1.54) is 0 Å². The fourth-order valence-corrected chi connectivity index (χ4v) is 0. The zero-order valence-electron chi connectivity index (χ0n) is 10.5. The molecule has 0 aromatic rings. The maximum Gasteiger partial charge on any atom is 0 e. The first-order valence-corrected chi connectivity index (χ1v) is 0. The molecule has 0 amide bonds. The van der Waals surface area contributed by atoms with Gasteiger partial charge in [-0.2, -0.15) is 0 Å². The van der Waals surface area contributed by atoms with Gasteiger partial charge in [-0.15, -0.1) is 0 Å². The van der Waals surface area contributed by atoms with Gasteiger partial charge in [-0.25, -0.2) is 0 Å². The van der Waals surface area contributed by atoms with E-state index in [1.54, 1.807) is 0 Å². The third kappa shape index (κ3) is 1440. The van der Waals surface area contributed by atoms with Crippen LogP contribution >= 0.6 is 0 Å². The van der Waals surface area contributed by atoms with Crippen LogP contribution in [0.2, 0.25) is 0 Å². The standard InChI is InChI=1S/24CH4.7CH3.7U/h24*1H4;7*1H3;;;;;;;/q;;;;;;;;;;;;;;;;;;;;;;;;7*-1;;;;;;;. The van der Waals surface area contributed by atoms with Crippen LogP contribution in [0.15, 0.2) is 0 Å². The van der Waals surface area contributed by atoms with Gasteiger partial charge in [-0.1, -0.05) is 178 Å². The van der Waals surface area contributed by atoms with E-state index >= 15 is 0 Å². The minimum absolute atomic E-state index is 0. The third-order valence-corrected chi connectivity index (χ3v) is 0. The summed E-state index contributed by atoms with van der Waals surface area (Å²) < 4.78 is 0. The second kappa shape index (κ2) is 1540. The molecule has 0 N–H and O–H groups in total. The molecule has 0 rings (SSSR count). The zero-order valence-corrected chi connectivity index (χ0v) is 39.6. The van der Waals surface area contributed by atoms with E-state index in [2.05, 4.69) is 0 Å². The maximum atomic E-state index is 0. The Labute approximate surface area is 439 Å². The van der Waals surface area contributed by atoms with Crippen LogP contribution in [-0.4, -0.2) is 0 Å². The van der Waals surface area contributed by atoms with Crippen molar-refractivity contribution in [1.82, 2.24) is 0 Å². The number of rotatable bonds is 0. The Morgan fingerprint density at radius 2 is 0.0789 bits per heavy atom. The van der Waals surface area contributed by atoms with E-state index < -0.39 is 0 Å². The maximum absolute atomic E-state index is 0. The van der Waals surface area contributed by atoms with Gasteiger partial charge < -0.3 is 52.0 Å². The SMILES string of the molecule is C.C.C.C.C.C.C.C.C.C.C.C.C.C.C.C.C.C.C.C.C.C.C.C.[CH3-].[CH3-].[CH3-].[CH3-].[CH3-].[CH3-].[CH3-].[U].[U].[U].[U].[U].[U].[U]. The zero-order chi connectivity index (χ0) is 0. The fourth-order valence-electron chi connectivity index (χ4n) is 0. The first-order chi connectivity index (χ1) is 0. The Morgan fingerprint density at radius 1 is 0.0789 bits per heavy atom. The molecule has 0 aliphatic rings. The third-order valence-electron chi connectivity index (χ3n) is 0. The van der Waals surface area contributed by atoms with Gasteiger partial charge in [0.2, 0.25) is 0 Å². The van der Waals surface area contributed by atoms with Crippen LogP contribution in [0.25, 0.3) is 0 Å². The van der Waals surface area contributed by atoms with Gasteiger partial charge in [0.25, 0.3) is 0 Å². The van der Waals surface area contributed by atoms with Crippen molar-refractivity contribution >= 4 is 0 Å². The molecule has 0 aliphatic heterocycles. The summed E-state index contributed by atoms with van der Waals surface area (Å²) in [7, 11) is 0. The van der Waals surface area contributed by atoms with Gasteiger partial charge in [0, 0.05) is 218 Å². The molecule has 0 aliphatic carbocycles. The van der Waals surface area contributed by atoms with Crippen LogP contribution in [0.3, 0.4) is 0 Å². The molecular weight excluding hydrogens is 2040 g/mol. The molecule has 7 heteroatoms. The van der Waals surface area contributed by atoms with Crippen molar-refractivity contribution in [2.75, 3.05) is 0 Å². The first-order valence-electron chi connectivity index (χ1n) is 0. The molecule has 0 atom stereocenters. The molecule has 0 heterocycles.